The molecule has 2 N–H and O–H groups in total. The summed E-state index contributed by atoms with van der Waals surface area (Å²) in [7, 11) is 0. The lowest BCUT2D eigenvalue weighted by molar-refractivity contribution is 0.573. The van der Waals surface area contributed by atoms with Gasteiger partial charge >= 0.3 is 0 Å². The third kappa shape index (κ3) is 3.54. The van der Waals surface area contributed by atoms with Gasteiger partial charge in [-0.2, -0.15) is 5.14 Å². The van der Waals surface area contributed by atoms with Gasteiger partial charge in [-0.25, -0.2) is 0 Å². The summed E-state index contributed by atoms with van der Waals surface area (Å²) < 4.78 is 10.6. The van der Waals surface area contributed by atoms with Gasteiger partial charge in [-0.3, -0.25) is 0 Å². The first kappa shape index (κ1) is 12.6. The standard InChI is InChI=1S/C11H14ClNOS/c1-11(2,15(13)14)8-7-9-5-3-4-6-10(9)12/h3-8H,13H2,1-2H3/b8-7+. The molecule has 15 heavy (non-hydrogen) atoms. The minimum absolute atomic E-state index is 0.542. The van der Waals surface area contributed by atoms with E-state index in [1.807, 2.05) is 50.3 Å². The van der Waals surface area contributed by atoms with E-state index in [4.69, 9.17) is 16.7 Å². The van der Waals surface area contributed by atoms with Crippen molar-refractivity contribution < 1.29 is 4.55 Å². The summed E-state index contributed by atoms with van der Waals surface area (Å²) in [6, 6.07) is 7.48. The number of benzene rings is 1. The van der Waals surface area contributed by atoms with E-state index < -0.39 is 16.1 Å². The molecule has 0 amide bonds. The first-order chi connectivity index (χ1) is 6.93. The number of rotatable bonds is 3. The Morgan fingerprint density at radius 1 is 1.40 bits per heavy atom. The van der Waals surface area contributed by atoms with Gasteiger partial charge in [-0.1, -0.05) is 35.9 Å². The van der Waals surface area contributed by atoms with E-state index >= 15 is 0 Å². The number of hydrogen-bond acceptors (Lipinski definition) is 2. The third-order valence-corrected chi connectivity index (χ3v) is 3.61. The Hall–Kier alpha value is -0.480. The maximum Gasteiger partial charge on any atom is 0.157 e. The molecule has 1 aromatic carbocycles. The van der Waals surface area contributed by atoms with Crippen LogP contribution in [0.3, 0.4) is 0 Å². The van der Waals surface area contributed by atoms with E-state index in [0.29, 0.717) is 5.02 Å². The average Bonchev–Trinajstić information content (AvgIpc) is 2.16. The zero-order valence-electron chi connectivity index (χ0n) is 8.74. The van der Waals surface area contributed by atoms with E-state index in [0.717, 1.165) is 5.56 Å². The fourth-order valence-electron chi connectivity index (χ4n) is 0.968. The van der Waals surface area contributed by atoms with Crippen LogP contribution in [0.1, 0.15) is 19.4 Å². The van der Waals surface area contributed by atoms with E-state index in [1.165, 1.54) is 0 Å². The number of hydrogen-bond donors (Lipinski definition) is 1. The highest BCUT2D eigenvalue weighted by Gasteiger charge is 2.25. The number of nitrogens with two attached hydrogens (primary N) is 1. The summed E-state index contributed by atoms with van der Waals surface area (Å²) in [5.74, 6) is 0. The normalized spacial score (nSPS) is 14.5. The fourth-order valence-corrected chi connectivity index (χ4v) is 1.37. The molecule has 1 atom stereocenters. The quantitative estimate of drug-likeness (QED) is 0.830. The van der Waals surface area contributed by atoms with Crippen LogP contribution >= 0.6 is 11.6 Å². The van der Waals surface area contributed by atoms with Crippen LogP contribution in [0, 0.1) is 0 Å². The van der Waals surface area contributed by atoms with Crippen molar-refractivity contribution in [1.29, 1.82) is 0 Å². The van der Waals surface area contributed by atoms with Gasteiger partial charge in [0.2, 0.25) is 0 Å². The molecular formula is C11H14ClNOS. The molecule has 0 saturated carbocycles. The zero-order valence-corrected chi connectivity index (χ0v) is 10.3. The minimum Gasteiger partial charge on any atom is -0.598 e. The van der Waals surface area contributed by atoms with Crippen molar-refractivity contribution in [2.24, 2.45) is 5.14 Å². The molecule has 2 nitrogen and oxygen atoms in total. The Morgan fingerprint density at radius 2 is 2.00 bits per heavy atom. The van der Waals surface area contributed by atoms with Crippen molar-refractivity contribution in [2.75, 3.05) is 0 Å². The van der Waals surface area contributed by atoms with E-state index in [1.54, 1.807) is 0 Å². The van der Waals surface area contributed by atoms with Crippen molar-refractivity contribution in [3.8, 4) is 0 Å². The lowest BCUT2D eigenvalue weighted by atomic mass is 10.1. The summed E-state index contributed by atoms with van der Waals surface area (Å²) in [5.41, 5.74) is 0.901. The van der Waals surface area contributed by atoms with Crippen LogP contribution in [0.15, 0.2) is 30.3 Å². The monoisotopic (exact) mass is 243 g/mol. The van der Waals surface area contributed by atoms with Crippen molar-refractivity contribution in [3.63, 3.8) is 0 Å². The second kappa shape index (κ2) is 5.03. The predicted molar refractivity (Wildman–Crippen MR) is 66.9 cm³/mol. The molecule has 4 heteroatoms. The molecule has 0 spiro atoms. The van der Waals surface area contributed by atoms with Crippen molar-refractivity contribution >= 4 is 29.0 Å². The molecule has 0 aliphatic carbocycles. The van der Waals surface area contributed by atoms with E-state index in [-0.39, 0.29) is 0 Å². The van der Waals surface area contributed by atoms with Gasteiger partial charge in [0.25, 0.3) is 0 Å². The topological polar surface area (TPSA) is 49.1 Å². The highest BCUT2D eigenvalue weighted by atomic mass is 35.5. The highest BCUT2D eigenvalue weighted by molar-refractivity contribution is 7.90. The molecule has 0 heterocycles. The molecule has 0 saturated heterocycles. The summed E-state index contributed by atoms with van der Waals surface area (Å²) in [6.45, 7) is 3.63. The van der Waals surface area contributed by atoms with Gasteiger partial charge in [0, 0.05) is 16.4 Å². The Labute approximate surface area is 98.4 Å². The van der Waals surface area contributed by atoms with Gasteiger partial charge < -0.3 is 4.55 Å². The molecule has 1 rings (SSSR count). The predicted octanol–water partition coefficient (Wildman–Crippen LogP) is 2.75. The Bertz CT molecular complexity index is 363. The molecule has 0 aromatic heterocycles. The Morgan fingerprint density at radius 3 is 2.53 bits per heavy atom. The van der Waals surface area contributed by atoms with Crippen LogP contribution < -0.4 is 5.14 Å². The molecule has 82 valence electrons. The van der Waals surface area contributed by atoms with Crippen LogP contribution in [0.4, 0.5) is 0 Å². The molecule has 0 bridgehead atoms. The van der Waals surface area contributed by atoms with Crippen LogP contribution in [0.2, 0.25) is 5.02 Å². The van der Waals surface area contributed by atoms with Gasteiger partial charge in [-0.15, -0.1) is 0 Å². The second-order valence-corrected chi connectivity index (χ2v) is 5.81. The Kier molecular flexibility index (Phi) is 4.22. The smallest absolute Gasteiger partial charge is 0.157 e. The van der Waals surface area contributed by atoms with Gasteiger partial charge in [0.05, 0.1) is 0 Å². The molecule has 0 aliphatic heterocycles. The summed E-state index contributed by atoms with van der Waals surface area (Å²) in [6.07, 6.45) is 3.65. The summed E-state index contributed by atoms with van der Waals surface area (Å²) in [5, 5.41) is 6.03. The largest absolute Gasteiger partial charge is 0.598 e. The van der Waals surface area contributed by atoms with E-state index in [9.17, 15) is 4.55 Å². The first-order valence-corrected chi connectivity index (χ1v) is 6.12. The first-order valence-electron chi connectivity index (χ1n) is 4.53. The van der Waals surface area contributed by atoms with Gasteiger partial charge in [-0.05, 0) is 31.6 Å². The maximum absolute atomic E-state index is 11.2. The molecule has 0 aliphatic rings. The third-order valence-electron chi connectivity index (χ3n) is 2.09. The van der Waals surface area contributed by atoms with Crippen LogP contribution in [-0.2, 0) is 11.4 Å². The summed E-state index contributed by atoms with van der Waals surface area (Å²) in [4.78, 5) is 0. The van der Waals surface area contributed by atoms with Crippen molar-refractivity contribution in [2.45, 2.75) is 18.6 Å². The molecule has 0 fully saturated rings. The van der Waals surface area contributed by atoms with Gasteiger partial charge in [0.15, 0.2) is 4.75 Å². The molecular weight excluding hydrogens is 230 g/mol. The lowest BCUT2D eigenvalue weighted by Gasteiger charge is -2.20. The average molecular weight is 244 g/mol. The molecule has 1 aromatic rings. The zero-order chi connectivity index (χ0) is 11.5. The van der Waals surface area contributed by atoms with Gasteiger partial charge in [0.1, 0.15) is 0 Å². The maximum atomic E-state index is 11.2. The van der Waals surface area contributed by atoms with Crippen LogP contribution in [0.25, 0.3) is 6.08 Å². The SMILES string of the molecule is CC(C)(/C=C/c1ccccc1Cl)[S+](N)[O-]. The molecule has 1 unspecified atom stereocenters. The highest BCUT2D eigenvalue weighted by Crippen LogP contribution is 2.20. The van der Waals surface area contributed by atoms with Crippen molar-refractivity contribution in [3.05, 3.63) is 40.9 Å². The lowest BCUT2D eigenvalue weighted by Crippen LogP contribution is -2.35. The fraction of sp³-hybridized carbons (Fsp3) is 0.273. The summed E-state index contributed by atoms with van der Waals surface area (Å²) >= 11 is 4.59. The number of halogens is 1. The molecule has 0 radical (unpaired) electrons. The van der Waals surface area contributed by atoms with Crippen LogP contribution in [-0.4, -0.2) is 9.30 Å². The van der Waals surface area contributed by atoms with Crippen molar-refractivity contribution in [1.82, 2.24) is 0 Å². The minimum atomic E-state index is -1.39. The van der Waals surface area contributed by atoms with Crippen LogP contribution in [0.5, 0.6) is 0 Å². The Balaban J connectivity index is 2.87. The van der Waals surface area contributed by atoms with E-state index in [2.05, 4.69) is 0 Å². The second-order valence-electron chi connectivity index (χ2n) is 3.76.